The van der Waals surface area contributed by atoms with E-state index in [1.165, 1.54) is 27.3 Å². The lowest BCUT2D eigenvalue weighted by Crippen LogP contribution is -2.42. The molecule has 0 aliphatic carbocycles. The molecule has 32 heavy (non-hydrogen) atoms. The van der Waals surface area contributed by atoms with Gasteiger partial charge >= 0.3 is 5.69 Å². The first-order valence-corrected chi connectivity index (χ1v) is 11.2. The van der Waals surface area contributed by atoms with Crippen LogP contribution in [0.2, 0.25) is 0 Å². The first kappa shape index (κ1) is 23.3. The Morgan fingerprint density at radius 1 is 1.16 bits per heavy atom. The van der Waals surface area contributed by atoms with Gasteiger partial charge in [-0.2, -0.15) is 0 Å². The van der Waals surface area contributed by atoms with E-state index < -0.39 is 11.2 Å². The highest BCUT2D eigenvalue weighted by Gasteiger charge is 2.24. The van der Waals surface area contributed by atoms with E-state index in [1.807, 2.05) is 37.3 Å². The zero-order valence-corrected chi connectivity index (χ0v) is 18.7. The van der Waals surface area contributed by atoms with Crippen molar-refractivity contribution in [2.24, 2.45) is 0 Å². The molecule has 1 atom stereocenters. The van der Waals surface area contributed by atoms with Crippen LogP contribution in [0.5, 0.6) is 0 Å². The minimum absolute atomic E-state index is 0.0139. The van der Waals surface area contributed by atoms with Gasteiger partial charge in [0.25, 0.3) is 5.56 Å². The third kappa shape index (κ3) is 5.11. The second-order valence-electron chi connectivity index (χ2n) is 7.18. The number of carbonyl (C=O) groups is 1. The van der Waals surface area contributed by atoms with Crippen molar-refractivity contribution in [2.75, 3.05) is 22.9 Å². The van der Waals surface area contributed by atoms with Crippen molar-refractivity contribution in [3.8, 4) is 0 Å². The molecular formula is C23H25FN4O3S. The Balaban J connectivity index is 1.85. The Bertz CT molecular complexity index is 1210. The lowest BCUT2D eigenvalue weighted by molar-refractivity contribution is -0.116. The molecule has 3 N–H and O–H groups in total. The molecule has 0 fully saturated rings. The van der Waals surface area contributed by atoms with E-state index in [1.54, 1.807) is 25.1 Å². The van der Waals surface area contributed by atoms with E-state index in [0.29, 0.717) is 5.56 Å². The van der Waals surface area contributed by atoms with Crippen molar-refractivity contribution >= 4 is 29.2 Å². The maximum atomic E-state index is 14.0. The average Bonchev–Trinajstić information content (AvgIpc) is 2.78. The minimum atomic E-state index is -0.723. The molecule has 1 amide bonds. The highest BCUT2D eigenvalue weighted by molar-refractivity contribution is 8.00. The zero-order chi connectivity index (χ0) is 23.3. The van der Waals surface area contributed by atoms with Gasteiger partial charge in [-0.25, -0.2) is 9.18 Å². The summed E-state index contributed by atoms with van der Waals surface area (Å²) in [5.41, 5.74) is 6.10. The molecule has 0 saturated heterocycles. The van der Waals surface area contributed by atoms with E-state index in [2.05, 4.69) is 4.98 Å². The first-order valence-electron chi connectivity index (χ1n) is 10.2. The average molecular weight is 457 g/mol. The van der Waals surface area contributed by atoms with Gasteiger partial charge in [-0.1, -0.05) is 48.5 Å². The number of hydrogen-bond donors (Lipinski definition) is 2. The fourth-order valence-electron chi connectivity index (χ4n) is 3.39. The van der Waals surface area contributed by atoms with Gasteiger partial charge in [-0.15, -0.1) is 11.8 Å². The van der Waals surface area contributed by atoms with Gasteiger partial charge in [0, 0.05) is 17.4 Å². The van der Waals surface area contributed by atoms with Crippen LogP contribution < -0.4 is 21.9 Å². The van der Waals surface area contributed by atoms with Crippen LogP contribution in [0.4, 0.5) is 15.9 Å². The van der Waals surface area contributed by atoms with Crippen molar-refractivity contribution in [3.05, 3.63) is 92.4 Å². The van der Waals surface area contributed by atoms with Crippen LogP contribution >= 0.6 is 11.8 Å². The molecule has 0 spiro atoms. The molecular weight excluding hydrogens is 431 g/mol. The van der Waals surface area contributed by atoms with Crippen LogP contribution in [0, 0.1) is 5.82 Å². The number of benzene rings is 2. The molecule has 0 saturated carbocycles. The molecule has 0 aliphatic rings. The molecule has 3 aromatic rings. The largest absolute Gasteiger partial charge is 0.383 e. The highest BCUT2D eigenvalue weighted by atomic mass is 32.2. The fraction of sp³-hybridized carbons (Fsp3) is 0.261. The first-order chi connectivity index (χ1) is 15.3. The van der Waals surface area contributed by atoms with E-state index in [-0.39, 0.29) is 47.3 Å². The molecule has 1 unspecified atom stereocenters. The lowest BCUT2D eigenvalue weighted by Gasteiger charge is -2.24. The summed E-state index contributed by atoms with van der Waals surface area (Å²) < 4.78 is 15.3. The van der Waals surface area contributed by atoms with Crippen LogP contribution in [-0.4, -0.2) is 27.8 Å². The minimum Gasteiger partial charge on any atom is -0.383 e. The van der Waals surface area contributed by atoms with E-state index in [4.69, 9.17) is 5.73 Å². The predicted molar refractivity (Wildman–Crippen MR) is 127 cm³/mol. The number of nitrogens with zero attached hydrogens (tertiary/aromatic N) is 2. The Labute approximate surface area is 189 Å². The molecule has 1 aromatic heterocycles. The van der Waals surface area contributed by atoms with Crippen molar-refractivity contribution < 1.29 is 9.18 Å². The molecule has 7 nitrogen and oxygen atoms in total. The van der Waals surface area contributed by atoms with Crippen molar-refractivity contribution in [3.63, 3.8) is 0 Å². The van der Waals surface area contributed by atoms with Crippen molar-refractivity contribution in [1.29, 1.82) is 0 Å². The Hall–Kier alpha value is -3.33. The number of thioether (sulfide) groups is 1. The van der Waals surface area contributed by atoms with Gasteiger partial charge in [-0.05, 0) is 25.5 Å². The number of anilines is 2. The molecule has 2 aromatic carbocycles. The van der Waals surface area contributed by atoms with E-state index >= 15 is 0 Å². The number of nitrogen functional groups attached to an aromatic ring is 1. The number of hydrogen-bond acceptors (Lipinski definition) is 5. The molecule has 9 heteroatoms. The maximum absolute atomic E-state index is 14.0. The fourth-order valence-corrected chi connectivity index (χ4v) is 4.31. The number of nitrogens with one attached hydrogen (secondary N) is 1. The lowest BCUT2D eigenvalue weighted by atomic mass is 10.1. The SMILES string of the molecule is CCN(C(=O)CSC(C)c1ccccc1F)c1c(N)n(Cc2ccccc2)c(=O)[nH]c1=O. The summed E-state index contributed by atoms with van der Waals surface area (Å²) in [4.78, 5) is 41.4. The van der Waals surface area contributed by atoms with Gasteiger partial charge in [0.1, 0.15) is 11.6 Å². The Kier molecular flexibility index (Phi) is 7.53. The maximum Gasteiger partial charge on any atom is 0.330 e. The molecule has 0 radical (unpaired) electrons. The third-order valence-corrected chi connectivity index (χ3v) is 6.25. The summed E-state index contributed by atoms with van der Waals surface area (Å²) in [6.45, 7) is 3.87. The van der Waals surface area contributed by atoms with Crippen LogP contribution in [0.3, 0.4) is 0 Å². The van der Waals surface area contributed by atoms with Crippen molar-refractivity contribution in [2.45, 2.75) is 25.6 Å². The highest BCUT2D eigenvalue weighted by Crippen LogP contribution is 2.30. The number of aromatic amines is 1. The number of aromatic nitrogens is 2. The Morgan fingerprint density at radius 2 is 1.81 bits per heavy atom. The number of rotatable bonds is 8. The quantitative estimate of drug-likeness (QED) is 0.542. The van der Waals surface area contributed by atoms with Crippen molar-refractivity contribution in [1.82, 2.24) is 9.55 Å². The van der Waals surface area contributed by atoms with Gasteiger partial charge < -0.3 is 10.6 Å². The number of halogens is 1. The molecule has 3 rings (SSSR count). The smallest absolute Gasteiger partial charge is 0.330 e. The van der Waals surface area contributed by atoms with Gasteiger partial charge in [0.05, 0.1) is 12.3 Å². The topological polar surface area (TPSA) is 101 Å². The van der Waals surface area contributed by atoms with Crippen LogP contribution in [-0.2, 0) is 11.3 Å². The molecule has 0 bridgehead atoms. The van der Waals surface area contributed by atoms with Gasteiger partial charge in [0.15, 0.2) is 5.69 Å². The monoisotopic (exact) mass is 456 g/mol. The van der Waals surface area contributed by atoms with E-state index in [9.17, 15) is 18.8 Å². The predicted octanol–water partition coefficient (Wildman–Crippen LogP) is 3.15. The zero-order valence-electron chi connectivity index (χ0n) is 17.9. The van der Waals surface area contributed by atoms with Gasteiger partial charge in [0.2, 0.25) is 5.91 Å². The van der Waals surface area contributed by atoms with Crippen LogP contribution in [0.1, 0.15) is 30.2 Å². The molecule has 1 heterocycles. The van der Waals surface area contributed by atoms with Crippen LogP contribution in [0.15, 0.2) is 64.2 Å². The summed E-state index contributed by atoms with van der Waals surface area (Å²) >= 11 is 1.26. The van der Waals surface area contributed by atoms with Crippen LogP contribution in [0.25, 0.3) is 0 Å². The summed E-state index contributed by atoms with van der Waals surface area (Å²) in [5.74, 6) is -0.756. The second-order valence-corrected chi connectivity index (χ2v) is 8.51. The summed E-state index contributed by atoms with van der Waals surface area (Å²) in [6.07, 6.45) is 0. The van der Waals surface area contributed by atoms with E-state index in [0.717, 1.165) is 5.56 Å². The normalized spacial score (nSPS) is 11.8. The standard InChI is InChI=1S/C23H25FN4O3S/c1-3-27(19(29)14-32-15(2)17-11-7-8-12-18(17)24)20-21(25)28(23(31)26-22(20)30)13-16-9-5-4-6-10-16/h4-12,15H,3,13-14,25H2,1-2H3,(H,26,30,31). The number of carbonyl (C=O) groups excluding carboxylic acids is 1. The number of H-pyrrole nitrogens is 1. The summed E-state index contributed by atoms with van der Waals surface area (Å²) in [7, 11) is 0. The number of nitrogens with two attached hydrogens (primary N) is 1. The number of amides is 1. The molecule has 0 aliphatic heterocycles. The molecule has 168 valence electrons. The van der Waals surface area contributed by atoms with Gasteiger partial charge in [-0.3, -0.25) is 19.1 Å². The Morgan fingerprint density at radius 3 is 2.47 bits per heavy atom. The summed E-state index contributed by atoms with van der Waals surface area (Å²) in [5, 5.41) is -0.262. The second kappa shape index (κ2) is 10.3. The summed E-state index contributed by atoms with van der Waals surface area (Å²) in [6, 6.07) is 15.6. The third-order valence-electron chi connectivity index (χ3n) is 5.08.